The van der Waals surface area contributed by atoms with Gasteiger partial charge >= 0.3 is 0 Å². The van der Waals surface area contributed by atoms with Crippen LogP contribution in [-0.4, -0.2) is 39.9 Å². The second-order valence-electron chi connectivity index (χ2n) is 3.83. The molecule has 0 spiro atoms. The molecule has 1 rings (SSSR count). The fourth-order valence-corrected chi connectivity index (χ4v) is 1.19. The molecule has 0 unspecified atom stereocenters. The Bertz CT molecular complexity index is 102. The molecule has 0 radical (unpaired) electrons. The van der Waals surface area contributed by atoms with E-state index in [2.05, 4.69) is 0 Å². The van der Waals surface area contributed by atoms with Gasteiger partial charge in [0.2, 0.25) is 0 Å². The van der Waals surface area contributed by atoms with E-state index in [0.29, 0.717) is 12.5 Å². The molecule has 0 atom stereocenters. The molecule has 1 saturated carbocycles. The molecule has 0 aliphatic heterocycles. The normalized spacial score (nSPS) is 15.4. The topological polar surface area (TPSA) is 80.9 Å². The van der Waals surface area contributed by atoms with Crippen molar-refractivity contribution in [3.8, 4) is 0 Å². The summed E-state index contributed by atoms with van der Waals surface area (Å²) < 4.78 is 0. The van der Waals surface area contributed by atoms with Gasteiger partial charge in [0.25, 0.3) is 0 Å². The van der Waals surface area contributed by atoms with Crippen LogP contribution in [0.1, 0.15) is 39.5 Å². The second kappa shape index (κ2) is 12.6. The van der Waals surface area contributed by atoms with Gasteiger partial charge in [-0.1, -0.05) is 12.8 Å². The van der Waals surface area contributed by atoms with E-state index in [1.54, 1.807) is 0 Å². The number of rotatable bonds is 1. The third-order valence-corrected chi connectivity index (χ3v) is 1.73. The van der Waals surface area contributed by atoms with Gasteiger partial charge < -0.3 is 20.4 Å². The van der Waals surface area contributed by atoms with Crippen LogP contribution in [0.2, 0.25) is 0 Å². The molecule has 5 heteroatoms. The van der Waals surface area contributed by atoms with E-state index >= 15 is 0 Å². The van der Waals surface area contributed by atoms with Gasteiger partial charge in [-0.3, -0.25) is 0 Å². The van der Waals surface area contributed by atoms with Gasteiger partial charge in [0.05, 0.1) is 0 Å². The summed E-state index contributed by atoms with van der Waals surface area (Å²) in [6, 6.07) is 0. The summed E-state index contributed by atoms with van der Waals surface area (Å²) in [6.07, 6.45) is 5.20. The molecule has 0 aromatic carbocycles. The largest absolute Gasteiger partial charge is 0.400 e. The first-order valence-electron chi connectivity index (χ1n) is 4.94. The Balaban J connectivity index is -0.000000162. The van der Waals surface area contributed by atoms with E-state index in [0.717, 1.165) is 7.11 Å². The zero-order valence-electron chi connectivity index (χ0n) is 9.72. The molecule has 0 saturated heterocycles. The zero-order valence-corrected chi connectivity index (χ0v) is 11.3. The summed E-state index contributed by atoms with van der Waals surface area (Å²) in [6.45, 7) is 3.01. The van der Waals surface area contributed by atoms with Gasteiger partial charge in [-0.2, -0.15) is 0 Å². The van der Waals surface area contributed by atoms with Crippen LogP contribution in [0.5, 0.6) is 0 Å². The summed E-state index contributed by atoms with van der Waals surface area (Å²) in [5.74, 6) is -0.847. The average molecular weight is 315 g/mol. The number of hydrogen-bond donors (Lipinski definition) is 4. The maximum absolute atomic E-state index is 8.57. The summed E-state index contributed by atoms with van der Waals surface area (Å²) in [5.41, 5.74) is 0. The first kappa shape index (κ1) is 20.9. The smallest absolute Gasteiger partial charge is 0.156 e. The molecular weight excluding hydrogens is 291 g/mol. The third-order valence-electron chi connectivity index (χ3n) is 1.73. The molecule has 15 heavy (non-hydrogen) atoms. The Morgan fingerprint density at radius 3 is 1.47 bits per heavy atom. The SMILES string of the molecule is CC(C)(O)O.CO.OCC1CCCC1.[Pd]. The van der Waals surface area contributed by atoms with Crippen molar-refractivity contribution in [2.45, 2.75) is 45.3 Å². The molecule has 0 aromatic rings. The van der Waals surface area contributed by atoms with Crippen LogP contribution in [0.4, 0.5) is 0 Å². The van der Waals surface area contributed by atoms with Crippen LogP contribution in [0.25, 0.3) is 0 Å². The molecule has 0 amide bonds. The molecule has 0 bridgehead atoms. The summed E-state index contributed by atoms with van der Waals surface area (Å²) in [7, 11) is 1.00. The van der Waals surface area contributed by atoms with Crippen molar-refractivity contribution in [3.05, 3.63) is 0 Å². The minimum atomic E-state index is -1.50. The molecule has 1 fully saturated rings. The predicted molar refractivity (Wildman–Crippen MR) is 55.7 cm³/mol. The van der Waals surface area contributed by atoms with Crippen molar-refractivity contribution in [2.75, 3.05) is 13.7 Å². The van der Waals surface area contributed by atoms with Gasteiger partial charge in [-0.15, -0.1) is 0 Å². The van der Waals surface area contributed by atoms with Crippen molar-refractivity contribution in [2.24, 2.45) is 5.92 Å². The first-order valence-corrected chi connectivity index (χ1v) is 4.94. The standard InChI is InChI=1S/C6H12O.C3H8O2.CH4O.Pd/c7-5-6-3-1-2-4-6;1-3(2,4)5;1-2;/h6-7H,1-5H2;4-5H,1-2H3;2H,1H3;. The number of aliphatic hydroxyl groups excluding tert-OH is 2. The maximum Gasteiger partial charge on any atom is 0.156 e. The second-order valence-corrected chi connectivity index (χ2v) is 3.83. The Morgan fingerprint density at radius 2 is 1.33 bits per heavy atom. The van der Waals surface area contributed by atoms with Gasteiger partial charge in [0, 0.05) is 34.1 Å². The Morgan fingerprint density at radius 1 is 1.07 bits per heavy atom. The zero-order chi connectivity index (χ0) is 11.6. The fourth-order valence-electron chi connectivity index (χ4n) is 1.19. The van der Waals surface area contributed by atoms with E-state index in [9.17, 15) is 0 Å². The molecular formula is C10H24O4Pd. The summed E-state index contributed by atoms with van der Waals surface area (Å²) >= 11 is 0. The quantitative estimate of drug-likeness (QED) is 0.419. The summed E-state index contributed by atoms with van der Waals surface area (Å²) in [4.78, 5) is 0. The number of hydrogen-bond acceptors (Lipinski definition) is 4. The molecule has 4 N–H and O–H groups in total. The van der Waals surface area contributed by atoms with Gasteiger partial charge in [-0.05, 0) is 32.6 Å². The van der Waals surface area contributed by atoms with Gasteiger partial charge in [-0.25, -0.2) is 0 Å². The summed E-state index contributed by atoms with van der Waals surface area (Å²) in [5, 5.41) is 31.7. The van der Waals surface area contributed by atoms with Crippen LogP contribution >= 0.6 is 0 Å². The van der Waals surface area contributed by atoms with E-state index in [-0.39, 0.29) is 20.4 Å². The van der Waals surface area contributed by atoms with Crippen LogP contribution in [0, 0.1) is 5.92 Å². The van der Waals surface area contributed by atoms with E-state index in [4.69, 9.17) is 20.4 Å². The monoisotopic (exact) mass is 314 g/mol. The fraction of sp³-hybridized carbons (Fsp3) is 1.00. The Labute approximate surface area is 106 Å². The van der Waals surface area contributed by atoms with Crippen molar-refractivity contribution in [1.82, 2.24) is 0 Å². The van der Waals surface area contributed by atoms with Crippen LogP contribution < -0.4 is 0 Å². The third kappa shape index (κ3) is 25.1. The van der Waals surface area contributed by atoms with E-state index in [1.807, 2.05) is 0 Å². The average Bonchev–Trinajstić information content (AvgIpc) is 2.56. The van der Waals surface area contributed by atoms with Crippen molar-refractivity contribution < 1.29 is 40.8 Å². The molecule has 98 valence electrons. The van der Waals surface area contributed by atoms with Crippen LogP contribution in [0.15, 0.2) is 0 Å². The first-order chi connectivity index (χ1) is 6.43. The molecule has 1 aliphatic carbocycles. The minimum absolute atomic E-state index is 0. The van der Waals surface area contributed by atoms with Gasteiger partial charge in [0.15, 0.2) is 5.79 Å². The minimum Gasteiger partial charge on any atom is -0.400 e. The Hall–Kier alpha value is 0.502. The maximum atomic E-state index is 8.57. The predicted octanol–water partition coefficient (Wildman–Crippen LogP) is 0.482. The molecule has 4 nitrogen and oxygen atoms in total. The molecule has 1 aliphatic rings. The van der Waals surface area contributed by atoms with Crippen LogP contribution in [0.3, 0.4) is 0 Å². The van der Waals surface area contributed by atoms with Crippen LogP contribution in [-0.2, 0) is 20.4 Å². The van der Waals surface area contributed by atoms with Crippen molar-refractivity contribution in [3.63, 3.8) is 0 Å². The van der Waals surface area contributed by atoms with E-state index in [1.165, 1.54) is 39.5 Å². The van der Waals surface area contributed by atoms with Crippen molar-refractivity contribution >= 4 is 0 Å². The van der Waals surface area contributed by atoms with E-state index < -0.39 is 5.79 Å². The van der Waals surface area contributed by atoms with Crippen molar-refractivity contribution in [1.29, 1.82) is 0 Å². The molecule has 0 aromatic heterocycles. The number of aliphatic hydroxyl groups is 4. The Kier molecular flexibility index (Phi) is 17.5. The molecule has 0 heterocycles. The van der Waals surface area contributed by atoms with Gasteiger partial charge in [0.1, 0.15) is 0 Å².